The van der Waals surface area contributed by atoms with Crippen molar-refractivity contribution < 1.29 is 9.72 Å². The first-order valence-corrected chi connectivity index (χ1v) is 8.91. The first kappa shape index (κ1) is 19.3. The number of hydrogen-bond donors (Lipinski definition) is 2. The molecule has 1 heterocycles. The van der Waals surface area contributed by atoms with Gasteiger partial charge in [-0.05, 0) is 70.4 Å². The number of nitrogens with one attached hydrogen (secondary N) is 2. The van der Waals surface area contributed by atoms with Crippen molar-refractivity contribution in [3.05, 3.63) is 33.9 Å². The van der Waals surface area contributed by atoms with Crippen molar-refractivity contribution in [2.45, 2.75) is 32.6 Å². The van der Waals surface area contributed by atoms with Crippen LogP contribution in [0.2, 0.25) is 0 Å². The highest BCUT2D eigenvalue weighted by Crippen LogP contribution is 2.22. The SMILES string of the molecule is CNCCC1CCN(CCC(=O)Nc2ccc([N+](=O)[O-])cc2C)CC1. The van der Waals surface area contributed by atoms with Crippen molar-refractivity contribution in [3.8, 4) is 0 Å². The van der Waals surface area contributed by atoms with Crippen molar-refractivity contribution >= 4 is 17.3 Å². The van der Waals surface area contributed by atoms with Gasteiger partial charge in [0.2, 0.25) is 5.91 Å². The number of piperidine rings is 1. The van der Waals surface area contributed by atoms with E-state index in [0.717, 1.165) is 32.1 Å². The molecular formula is C18H28N4O3. The molecule has 7 heteroatoms. The van der Waals surface area contributed by atoms with E-state index in [4.69, 9.17) is 0 Å². The van der Waals surface area contributed by atoms with Crippen molar-refractivity contribution in [2.75, 3.05) is 38.5 Å². The van der Waals surface area contributed by atoms with Crippen LogP contribution in [-0.2, 0) is 4.79 Å². The van der Waals surface area contributed by atoms with E-state index < -0.39 is 4.92 Å². The summed E-state index contributed by atoms with van der Waals surface area (Å²) in [6.45, 7) is 5.70. The van der Waals surface area contributed by atoms with Crippen LogP contribution in [0, 0.1) is 23.0 Å². The van der Waals surface area contributed by atoms with Gasteiger partial charge in [0, 0.05) is 30.8 Å². The van der Waals surface area contributed by atoms with Crippen LogP contribution in [0.15, 0.2) is 18.2 Å². The Morgan fingerprint density at radius 2 is 2.08 bits per heavy atom. The Hall–Kier alpha value is -1.99. The zero-order valence-corrected chi connectivity index (χ0v) is 15.1. The summed E-state index contributed by atoms with van der Waals surface area (Å²) in [6, 6.07) is 4.49. The number of non-ortho nitro benzene ring substituents is 1. The standard InChI is InChI=1S/C18H28N4O3/c1-14-13-16(22(24)25)3-4-17(14)20-18(23)8-12-21-10-6-15(7-11-21)5-9-19-2/h3-4,13,15,19H,5-12H2,1-2H3,(H,20,23). The van der Waals surface area contributed by atoms with Crippen LogP contribution in [0.3, 0.4) is 0 Å². The molecule has 0 atom stereocenters. The average Bonchev–Trinajstić information content (AvgIpc) is 2.60. The van der Waals surface area contributed by atoms with Crippen molar-refractivity contribution in [1.29, 1.82) is 0 Å². The third kappa shape index (κ3) is 6.10. The fourth-order valence-electron chi connectivity index (χ4n) is 3.22. The van der Waals surface area contributed by atoms with Crippen LogP contribution in [0.1, 0.15) is 31.2 Å². The van der Waals surface area contributed by atoms with Gasteiger partial charge >= 0.3 is 0 Å². The Morgan fingerprint density at radius 1 is 1.36 bits per heavy atom. The van der Waals surface area contributed by atoms with Crippen LogP contribution < -0.4 is 10.6 Å². The first-order valence-electron chi connectivity index (χ1n) is 8.91. The number of nitro benzene ring substituents is 1. The van der Waals surface area contributed by atoms with Gasteiger partial charge in [-0.3, -0.25) is 14.9 Å². The van der Waals surface area contributed by atoms with Gasteiger partial charge in [-0.1, -0.05) is 0 Å². The Kier molecular flexibility index (Phi) is 7.33. The van der Waals surface area contributed by atoms with E-state index in [0.29, 0.717) is 17.7 Å². The van der Waals surface area contributed by atoms with E-state index in [2.05, 4.69) is 15.5 Å². The number of benzene rings is 1. The largest absolute Gasteiger partial charge is 0.326 e. The zero-order chi connectivity index (χ0) is 18.2. The monoisotopic (exact) mass is 348 g/mol. The maximum Gasteiger partial charge on any atom is 0.269 e. The van der Waals surface area contributed by atoms with Gasteiger partial charge < -0.3 is 15.5 Å². The molecule has 138 valence electrons. The van der Waals surface area contributed by atoms with Gasteiger partial charge in [-0.2, -0.15) is 0 Å². The number of aryl methyl sites for hydroxylation is 1. The Bertz CT molecular complexity index is 598. The Morgan fingerprint density at radius 3 is 2.68 bits per heavy atom. The van der Waals surface area contributed by atoms with Gasteiger partial charge in [-0.15, -0.1) is 0 Å². The average molecular weight is 348 g/mol. The summed E-state index contributed by atoms with van der Waals surface area (Å²) in [5, 5.41) is 16.8. The fraction of sp³-hybridized carbons (Fsp3) is 0.611. The number of nitrogens with zero attached hydrogens (tertiary/aromatic N) is 2. The van der Waals surface area contributed by atoms with Crippen molar-refractivity contribution in [2.24, 2.45) is 5.92 Å². The van der Waals surface area contributed by atoms with E-state index in [-0.39, 0.29) is 11.6 Å². The topological polar surface area (TPSA) is 87.5 Å². The lowest BCUT2D eigenvalue weighted by molar-refractivity contribution is -0.384. The molecular weight excluding hydrogens is 320 g/mol. The molecule has 25 heavy (non-hydrogen) atoms. The Labute approximate surface area is 148 Å². The predicted molar refractivity (Wildman–Crippen MR) is 98.8 cm³/mol. The lowest BCUT2D eigenvalue weighted by Crippen LogP contribution is -2.36. The number of nitro groups is 1. The quantitative estimate of drug-likeness (QED) is 0.557. The second kappa shape index (κ2) is 9.48. The molecule has 0 bridgehead atoms. The van der Waals surface area contributed by atoms with Crippen LogP contribution in [0.5, 0.6) is 0 Å². The highest BCUT2D eigenvalue weighted by Gasteiger charge is 2.19. The molecule has 0 radical (unpaired) electrons. The molecule has 0 spiro atoms. The number of anilines is 1. The third-order valence-electron chi connectivity index (χ3n) is 4.86. The van der Waals surface area contributed by atoms with Crippen molar-refractivity contribution in [1.82, 2.24) is 10.2 Å². The van der Waals surface area contributed by atoms with E-state index in [1.165, 1.54) is 31.4 Å². The summed E-state index contributed by atoms with van der Waals surface area (Å²) in [4.78, 5) is 24.8. The third-order valence-corrected chi connectivity index (χ3v) is 4.86. The van der Waals surface area contributed by atoms with Gasteiger partial charge in [0.1, 0.15) is 0 Å². The molecule has 2 rings (SSSR count). The Balaban J connectivity index is 1.74. The van der Waals surface area contributed by atoms with Gasteiger partial charge in [0.05, 0.1) is 4.92 Å². The molecule has 0 saturated carbocycles. The van der Waals surface area contributed by atoms with E-state index in [9.17, 15) is 14.9 Å². The molecule has 1 saturated heterocycles. The normalized spacial score (nSPS) is 15.9. The minimum absolute atomic E-state index is 0.0386. The maximum atomic E-state index is 12.2. The fourth-order valence-corrected chi connectivity index (χ4v) is 3.22. The second-order valence-corrected chi connectivity index (χ2v) is 6.73. The van der Waals surface area contributed by atoms with Crippen molar-refractivity contribution in [3.63, 3.8) is 0 Å². The summed E-state index contributed by atoms with van der Waals surface area (Å²) >= 11 is 0. The number of hydrogen-bond acceptors (Lipinski definition) is 5. The number of carbonyl (C=O) groups is 1. The minimum atomic E-state index is -0.432. The molecule has 1 aromatic rings. The highest BCUT2D eigenvalue weighted by molar-refractivity contribution is 5.91. The number of amides is 1. The van der Waals surface area contributed by atoms with Crippen LogP contribution in [0.4, 0.5) is 11.4 Å². The summed E-state index contributed by atoms with van der Waals surface area (Å²) in [5.41, 5.74) is 1.38. The molecule has 1 aliphatic rings. The molecule has 0 aromatic heterocycles. The van der Waals surface area contributed by atoms with Gasteiger partial charge in [0.15, 0.2) is 0 Å². The van der Waals surface area contributed by atoms with E-state index in [1.54, 1.807) is 13.0 Å². The van der Waals surface area contributed by atoms with E-state index in [1.807, 2.05) is 7.05 Å². The van der Waals surface area contributed by atoms with Crippen LogP contribution in [-0.4, -0.2) is 49.0 Å². The summed E-state index contributed by atoms with van der Waals surface area (Å²) in [5.74, 6) is 0.745. The molecule has 7 nitrogen and oxygen atoms in total. The molecule has 2 N–H and O–H groups in total. The molecule has 1 aromatic carbocycles. The highest BCUT2D eigenvalue weighted by atomic mass is 16.6. The van der Waals surface area contributed by atoms with Crippen LogP contribution >= 0.6 is 0 Å². The molecule has 1 aliphatic heterocycles. The molecule has 1 amide bonds. The summed E-state index contributed by atoms with van der Waals surface area (Å²) < 4.78 is 0. The van der Waals surface area contributed by atoms with E-state index >= 15 is 0 Å². The first-order chi connectivity index (χ1) is 12.0. The second-order valence-electron chi connectivity index (χ2n) is 6.73. The zero-order valence-electron chi connectivity index (χ0n) is 15.1. The lowest BCUT2D eigenvalue weighted by atomic mass is 9.93. The summed E-state index contributed by atoms with van der Waals surface area (Å²) in [6.07, 6.45) is 4.07. The van der Waals surface area contributed by atoms with Gasteiger partial charge in [0.25, 0.3) is 5.69 Å². The number of carbonyl (C=O) groups excluding carboxylic acids is 1. The summed E-state index contributed by atoms with van der Waals surface area (Å²) in [7, 11) is 1.99. The number of likely N-dealkylation sites (tertiary alicyclic amines) is 1. The smallest absolute Gasteiger partial charge is 0.269 e. The molecule has 1 fully saturated rings. The predicted octanol–water partition coefficient (Wildman–Crippen LogP) is 2.55. The minimum Gasteiger partial charge on any atom is -0.326 e. The van der Waals surface area contributed by atoms with Crippen LogP contribution in [0.25, 0.3) is 0 Å². The maximum absolute atomic E-state index is 12.2. The lowest BCUT2D eigenvalue weighted by Gasteiger charge is -2.31. The molecule has 0 unspecified atom stereocenters. The van der Waals surface area contributed by atoms with Gasteiger partial charge in [-0.25, -0.2) is 0 Å². The molecule has 0 aliphatic carbocycles. The number of rotatable bonds is 8.